The van der Waals surface area contributed by atoms with Crippen LogP contribution in [0.2, 0.25) is 0 Å². The molecule has 1 aromatic rings. The first-order chi connectivity index (χ1) is 5.61. The number of aromatic nitrogens is 1. The molecular formula is C9H12ClN3. The maximum atomic E-state index is 7.16. The Hall–Kier alpha value is -1.35. The highest BCUT2D eigenvalue weighted by Crippen LogP contribution is 2.10. The Labute approximate surface area is 83.6 Å². The van der Waals surface area contributed by atoms with E-state index >= 15 is 0 Å². The molecule has 0 fully saturated rings. The maximum Gasteiger partial charge on any atom is 0.141 e. The number of allylic oxidation sites excluding steroid dienone is 1. The van der Waals surface area contributed by atoms with Gasteiger partial charge in [-0.05, 0) is 24.6 Å². The minimum Gasteiger partial charge on any atom is -0.382 e. The van der Waals surface area contributed by atoms with Crippen LogP contribution < -0.4 is 5.73 Å². The molecule has 0 saturated carbocycles. The first kappa shape index (κ1) is 11.6. The van der Waals surface area contributed by atoms with Gasteiger partial charge >= 0.3 is 0 Å². The van der Waals surface area contributed by atoms with Gasteiger partial charge in [0.05, 0.1) is 0 Å². The van der Waals surface area contributed by atoms with Crippen molar-refractivity contribution in [3.05, 3.63) is 36.2 Å². The van der Waals surface area contributed by atoms with Gasteiger partial charge in [0.15, 0.2) is 0 Å². The molecule has 4 heteroatoms. The minimum absolute atomic E-state index is 0. The van der Waals surface area contributed by atoms with Gasteiger partial charge < -0.3 is 5.73 Å². The molecule has 0 spiro atoms. The average Bonchev–Trinajstić information content (AvgIpc) is 2.04. The Bertz CT molecular complexity index is 304. The summed E-state index contributed by atoms with van der Waals surface area (Å²) < 4.78 is 0. The highest BCUT2D eigenvalue weighted by molar-refractivity contribution is 5.93. The minimum atomic E-state index is -0.0156. The quantitative estimate of drug-likeness (QED) is 0.561. The molecule has 1 rings (SSSR count). The van der Waals surface area contributed by atoms with Crippen LogP contribution in [0.25, 0.3) is 5.57 Å². The molecule has 70 valence electrons. The van der Waals surface area contributed by atoms with Crippen molar-refractivity contribution in [1.29, 1.82) is 5.41 Å². The fraction of sp³-hybridized carbons (Fsp3) is 0.111. The van der Waals surface area contributed by atoms with E-state index < -0.39 is 0 Å². The fourth-order valence-corrected chi connectivity index (χ4v) is 0.843. The van der Waals surface area contributed by atoms with E-state index in [1.807, 2.05) is 13.0 Å². The predicted molar refractivity (Wildman–Crippen MR) is 57.2 cm³/mol. The lowest BCUT2D eigenvalue weighted by Crippen LogP contribution is -2.12. The molecule has 0 aromatic carbocycles. The van der Waals surface area contributed by atoms with E-state index in [9.17, 15) is 0 Å². The number of hydrogen-bond donors (Lipinski definition) is 2. The van der Waals surface area contributed by atoms with Gasteiger partial charge in [-0.25, -0.2) is 0 Å². The van der Waals surface area contributed by atoms with Gasteiger partial charge in [0.25, 0.3) is 0 Å². The predicted octanol–water partition coefficient (Wildman–Crippen LogP) is 1.82. The Morgan fingerprint density at radius 3 is 2.69 bits per heavy atom. The summed E-state index contributed by atoms with van der Waals surface area (Å²) in [4.78, 5) is 3.93. The number of nitrogens with zero attached hydrogens (tertiary/aromatic N) is 1. The van der Waals surface area contributed by atoms with Gasteiger partial charge in [0.2, 0.25) is 0 Å². The molecule has 13 heavy (non-hydrogen) atoms. The summed E-state index contributed by atoms with van der Waals surface area (Å²) in [6.07, 6.45) is 1.63. The Morgan fingerprint density at radius 2 is 2.23 bits per heavy atom. The molecule has 0 saturated heterocycles. The second-order valence-electron chi connectivity index (χ2n) is 2.62. The van der Waals surface area contributed by atoms with Crippen LogP contribution >= 0.6 is 12.4 Å². The van der Waals surface area contributed by atoms with Gasteiger partial charge in [-0.15, -0.1) is 12.4 Å². The first-order valence-corrected chi connectivity index (χ1v) is 3.57. The van der Waals surface area contributed by atoms with Crippen molar-refractivity contribution >= 4 is 23.8 Å². The largest absolute Gasteiger partial charge is 0.382 e. The number of halogens is 1. The summed E-state index contributed by atoms with van der Waals surface area (Å²) in [5.41, 5.74) is 7.68. The summed E-state index contributed by atoms with van der Waals surface area (Å²) in [5, 5.41) is 7.16. The van der Waals surface area contributed by atoms with Crippen LogP contribution in [-0.4, -0.2) is 10.8 Å². The molecule has 0 atom stereocenters. The molecule has 0 aliphatic heterocycles. The molecule has 3 N–H and O–H groups in total. The Balaban J connectivity index is 0.00000144. The Morgan fingerprint density at radius 1 is 1.62 bits per heavy atom. The van der Waals surface area contributed by atoms with Crippen molar-refractivity contribution in [2.24, 2.45) is 5.73 Å². The number of nitrogen functional groups attached to an aromatic ring is 1. The van der Waals surface area contributed by atoms with Crippen LogP contribution in [0.1, 0.15) is 18.2 Å². The summed E-state index contributed by atoms with van der Waals surface area (Å²) >= 11 is 0. The topological polar surface area (TPSA) is 62.8 Å². The van der Waals surface area contributed by atoms with Gasteiger partial charge in [0.1, 0.15) is 11.5 Å². The van der Waals surface area contributed by atoms with Gasteiger partial charge in [-0.1, -0.05) is 12.2 Å². The lowest BCUT2D eigenvalue weighted by atomic mass is 10.1. The van der Waals surface area contributed by atoms with E-state index in [0.717, 1.165) is 11.1 Å². The SMILES string of the molecule is C=C(C)c1ccnc(C(=N)N)c1.Cl. The van der Waals surface area contributed by atoms with Gasteiger partial charge in [-0.2, -0.15) is 0 Å². The summed E-state index contributed by atoms with van der Waals surface area (Å²) in [6.45, 7) is 5.69. The van der Waals surface area contributed by atoms with Crippen molar-refractivity contribution < 1.29 is 0 Å². The van der Waals surface area contributed by atoms with E-state index in [1.165, 1.54) is 0 Å². The van der Waals surface area contributed by atoms with Gasteiger partial charge in [-0.3, -0.25) is 10.4 Å². The van der Waals surface area contributed by atoms with Crippen molar-refractivity contribution in [3.63, 3.8) is 0 Å². The third-order valence-corrected chi connectivity index (χ3v) is 1.53. The van der Waals surface area contributed by atoms with E-state index in [4.69, 9.17) is 11.1 Å². The van der Waals surface area contributed by atoms with Crippen molar-refractivity contribution in [2.75, 3.05) is 0 Å². The number of rotatable bonds is 2. The van der Waals surface area contributed by atoms with Crippen molar-refractivity contribution in [3.8, 4) is 0 Å². The summed E-state index contributed by atoms with van der Waals surface area (Å²) in [6, 6.07) is 3.60. The van der Waals surface area contributed by atoms with Crippen LogP contribution in [0.15, 0.2) is 24.9 Å². The normalized spacial score (nSPS) is 8.69. The second kappa shape index (κ2) is 4.62. The molecule has 0 amide bonds. The summed E-state index contributed by atoms with van der Waals surface area (Å²) in [7, 11) is 0. The molecule has 1 heterocycles. The van der Waals surface area contributed by atoms with E-state index in [0.29, 0.717) is 5.69 Å². The number of amidine groups is 1. The monoisotopic (exact) mass is 197 g/mol. The van der Waals surface area contributed by atoms with Gasteiger partial charge in [0, 0.05) is 6.20 Å². The zero-order chi connectivity index (χ0) is 9.14. The first-order valence-electron chi connectivity index (χ1n) is 3.57. The fourth-order valence-electron chi connectivity index (χ4n) is 0.843. The number of hydrogen-bond acceptors (Lipinski definition) is 2. The van der Waals surface area contributed by atoms with E-state index in [2.05, 4.69) is 11.6 Å². The molecule has 0 radical (unpaired) electrons. The molecule has 1 aromatic heterocycles. The van der Waals surface area contributed by atoms with Crippen LogP contribution in [0, 0.1) is 5.41 Å². The number of nitrogens with one attached hydrogen (secondary N) is 1. The molecule has 0 aliphatic rings. The Kier molecular flexibility index (Phi) is 4.14. The highest BCUT2D eigenvalue weighted by atomic mass is 35.5. The van der Waals surface area contributed by atoms with Crippen LogP contribution in [0.4, 0.5) is 0 Å². The standard InChI is InChI=1S/C9H11N3.ClH/c1-6(2)7-3-4-12-8(5-7)9(10)11;/h3-5H,1H2,2H3,(H3,10,11);1H. The van der Waals surface area contributed by atoms with Crippen molar-refractivity contribution in [2.45, 2.75) is 6.92 Å². The van der Waals surface area contributed by atoms with Crippen LogP contribution in [0.3, 0.4) is 0 Å². The molecule has 0 unspecified atom stereocenters. The molecule has 3 nitrogen and oxygen atoms in total. The lowest BCUT2D eigenvalue weighted by molar-refractivity contribution is 1.25. The van der Waals surface area contributed by atoms with Crippen LogP contribution in [0.5, 0.6) is 0 Å². The molecule has 0 bridgehead atoms. The van der Waals surface area contributed by atoms with Crippen molar-refractivity contribution in [1.82, 2.24) is 4.98 Å². The van der Waals surface area contributed by atoms with E-state index in [1.54, 1.807) is 12.3 Å². The molecule has 0 aliphatic carbocycles. The van der Waals surface area contributed by atoms with E-state index in [-0.39, 0.29) is 18.2 Å². The summed E-state index contributed by atoms with van der Waals surface area (Å²) in [5.74, 6) is -0.0156. The molecular weight excluding hydrogens is 186 g/mol. The zero-order valence-corrected chi connectivity index (χ0v) is 8.19. The maximum absolute atomic E-state index is 7.16. The average molecular weight is 198 g/mol. The third kappa shape index (κ3) is 2.87. The number of pyridine rings is 1. The smallest absolute Gasteiger partial charge is 0.141 e. The van der Waals surface area contributed by atoms with Crippen LogP contribution in [-0.2, 0) is 0 Å². The second-order valence-corrected chi connectivity index (χ2v) is 2.62. The number of nitrogens with two attached hydrogens (primary N) is 1. The third-order valence-electron chi connectivity index (χ3n) is 1.53. The highest BCUT2D eigenvalue weighted by Gasteiger charge is 1.99. The lowest BCUT2D eigenvalue weighted by Gasteiger charge is -2.01. The zero-order valence-electron chi connectivity index (χ0n) is 7.37.